The minimum Gasteiger partial charge on any atom is -0.494 e. The lowest BCUT2D eigenvalue weighted by Crippen LogP contribution is -3.10. The molecule has 0 saturated carbocycles. The van der Waals surface area contributed by atoms with E-state index in [9.17, 15) is 14.7 Å². The molecular formula is C24H25N4O3+. The Morgan fingerprint density at radius 3 is 2.55 bits per heavy atom. The topological polar surface area (TPSA) is 95.3 Å². The first-order valence-electron chi connectivity index (χ1n) is 10.5. The number of hydrogen-bond acceptors (Lipinski definition) is 3. The van der Waals surface area contributed by atoms with Crippen molar-refractivity contribution in [1.29, 1.82) is 0 Å². The number of nitrogens with zero attached hydrogens (tertiary/aromatic N) is 1. The number of H-pyrrole nitrogens is 2. The highest BCUT2D eigenvalue weighted by atomic mass is 16.3. The zero-order valence-electron chi connectivity index (χ0n) is 17.5. The Hall–Kier alpha value is -3.58. The second-order valence-corrected chi connectivity index (χ2v) is 8.30. The van der Waals surface area contributed by atoms with Crippen LogP contribution < -0.4 is 16.1 Å². The molecule has 158 valence electrons. The second-order valence-electron chi connectivity index (χ2n) is 8.30. The number of benzene rings is 2. The lowest BCUT2D eigenvalue weighted by atomic mass is 9.93. The van der Waals surface area contributed by atoms with E-state index in [2.05, 4.69) is 16.0 Å². The van der Waals surface area contributed by atoms with Crippen LogP contribution in [-0.2, 0) is 6.42 Å². The van der Waals surface area contributed by atoms with E-state index in [1.54, 1.807) is 0 Å². The van der Waals surface area contributed by atoms with Crippen LogP contribution in [0.5, 0.6) is 5.88 Å². The van der Waals surface area contributed by atoms with Crippen molar-refractivity contribution in [3.05, 3.63) is 97.8 Å². The molecule has 0 spiro atoms. The van der Waals surface area contributed by atoms with Crippen molar-refractivity contribution in [3.8, 4) is 5.88 Å². The summed E-state index contributed by atoms with van der Waals surface area (Å²) in [5, 5.41) is 12.4. The number of fused-ring (bicyclic) bond motifs is 3. The Balaban J connectivity index is 1.73. The Kier molecular flexibility index (Phi) is 4.55. The van der Waals surface area contributed by atoms with Crippen LogP contribution >= 0.6 is 0 Å². The third-order valence-corrected chi connectivity index (χ3v) is 6.51. The first-order valence-corrected chi connectivity index (χ1v) is 10.5. The Labute approximate surface area is 178 Å². The molecule has 1 aliphatic heterocycles. The zero-order chi connectivity index (χ0) is 21.7. The van der Waals surface area contributed by atoms with Gasteiger partial charge in [0.2, 0.25) is 5.88 Å². The predicted molar refractivity (Wildman–Crippen MR) is 119 cm³/mol. The van der Waals surface area contributed by atoms with E-state index < -0.39 is 23.3 Å². The molecule has 2 aromatic heterocycles. The summed E-state index contributed by atoms with van der Waals surface area (Å²) < 4.78 is 1.27. The van der Waals surface area contributed by atoms with Crippen molar-refractivity contribution in [2.24, 2.45) is 0 Å². The average Bonchev–Trinajstić information content (AvgIpc) is 3.14. The third kappa shape index (κ3) is 3.00. The van der Waals surface area contributed by atoms with Crippen molar-refractivity contribution < 1.29 is 10.0 Å². The summed E-state index contributed by atoms with van der Waals surface area (Å²) in [5.74, 6) is -0.277. The highest BCUT2D eigenvalue weighted by molar-refractivity contribution is 5.85. The molecule has 0 fully saturated rings. The number of quaternary nitrogens is 1. The molecule has 1 aliphatic rings. The van der Waals surface area contributed by atoms with E-state index in [0.717, 1.165) is 40.0 Å². The molecule has 4 N–H and O–H groups in total. The van der Waals surface area contributed by atoms with Gasteiger partial charge in [-0.1, -0.05) is 48.5 Å². The fraction of sp³-hybridized carbons (Fsp3) is 0.250. The Morgan fingerprint density at radius 1 is 1.06 bits per heavy atom. The number of nitrogens with one attached hydrogen (secondary N) is 3. The standard InChI is InChI=1S/C24H24N4O3/c1-14(15-8-4-3-5-9-15)28-23(30)19(22(29)26-24(28)31)21-20-17(12-13-27(21)2)16-10-6-7-11-18(16)25-20/h3-11,14,21,25,30H,12-13H2,1-2H3,(H,26,29,31)/p+1/t14-,21+/m1/s1. The first kappa shape index (κ1) is 19.4. The van der Waals surface area contributed by atoms with Crippen LogP contribution in [0.1, 0.15) is 41.4 Å². The van der Waals surface area contributed by atoms with Gasteiger partial charge < -0.3 is 15.0 Å². The summed E-state index contributed by atoms with van der Waals surface area (Å²) >= 11 is 0. The molecule has 0 bridgehead atoms. The monoisotopic (exact) mass is 417 g/mol. The quantitative estimate of drug-likeness (QED) is 0.407. The number of hydrogen-bond donors (Lipinski definition) is 4. The Bertz CT molecular complexity index is 1380. The van der Waals surface area contributed by atoms with Gasteiger partial charge in [-0.05, 0) is 24.1 Å². The number of rotatable bonds is 3. The van der Waals surface area contributed by atoms with Crippen LogP contribution in [0.3, 0.4) is 0 Å². The van der Waals surface area contributed by atoms with Gasteiger partial charge in [0, 0.05) is 17.3 Å². The van der Waals surface area contributed by atoms with Gasteiger partial charge in [-0.2, -0.15) is 0 Å². The highest BCUT2D eigenvalue weighted by Crippen LogP contribution is 2.33. The Morgan fingerprint density at radius 2 is 1.77 bits per heavy atom. The van der Waals surface area contributed by atoms with Crippen LogP contribution in [0, 0.1) is 0 Å². The van der Waals surface area contributed by atoms with Crippen LogP contribution in [-0.4, -0.2) is 33.2 Å². The highest BCUT2D eigenvalue weighted by Gasteiger charge is 2.38. The molecule has 5 rings (SSSR count). The maximum atomic E-state index is 13.0. The molecule has 1 unspecified atom stereocenters. The average molecular weight is 417 g/mol. The molecule has 7 heteroatoms. The van der Waals surface area contributed by atoms with Crippen molar-refractivity contribution in [3.63, 3.8) is 0 Å². The van der Waals surface area contributed by atoms with Gasteiger partial charge in [0.15, 0.2) is 6.04 Å². The first-order chi connectivity index (χ1) is 15.0. The fourth-order valence-electron chi connectivity index (χ4n) is 4.89. The molecule has 7 nitrogen and oxygen atoms in total. The number of likely N-dealkylation sites (N-methyl/N-ethyl adjacent to an activating group) is 1. The molecule has 3 heterocycles. The molecule has 31 heavy (non-hydrogen) atoms. The number of aromatic hydroxyl groups is 1. The minimum atomic E-state index is -0.618. The normalized spacial score (nSPS) is 19.3. The zero-order valence-corrected chi connectivity index (χ0v) is 17.5. The predicted octanol–water partition coefficient (Wildman–Crippen LogP) is 1.49. The maximum Gasteiger partial charge on any atom is 0.331 e. The lowest BCUT2D eigenvalue weighted by Gasteiger charge is -2.30. The van der Waals surface area contributed by atoms with Gasteiger partial charge in [0.05, 0.1) is 25.3 Å². The van der Waals surface area contributed by atoms with Crippen LogP contribution in [0.2, 0.25) is 0 Å². The summed E-state index contributed by atoms with van der Waals surface area (Å²) in [6.45, 7) is 2.65. The van der Waals surface area contributed by atoms with Crippen LogP contribution in [0.25, 0.3) is 10.9 Å². The van der Waals surface area contributed by atoms with Gasteiger partial charge >= 0.3 is 5.69 Å². The van der Waals surface area contributed by atoms with Crippen LogP contribution in [0.15, 0.2) is 64.2 Å². The van der Waals surface area contributed by atoms with E-state index in [4.69, 9.17) is 0 Å². The van der Waals surface area contributed by atoms with Crippen LogP contribution in [0.4, 0.5) is 0 Å². The van der Waals surface area contributed by atoms with Crippen molar-refractivity contribution in [2.45, 2.75) is 25.4 Å². The molecule has 4 aromatic rings. The summed E-state index contributed by atoms with van der Waals surface area (Å²) in [6, 6.07) is 16.7. The van der Waals surface area contributed by atoms with Gasteiger partial charge in [-0.3, -0.25) is 14.3 Å². The third-order valence-electron chi connectivity index (χ3n) is 6.51. The lowest BCUT2D eigenvalue weighted by molar-refractivity contribution is -0.908. The molecule has 2 aromatic carbocycles. The smallest absolute Gasteiger partial charge is 0.331 e. The van der Waals surface area contributed by atoms with Gasteiger partial charge in [0.1, 0.15) is 5.56 Å². The van der Waals surface area contributed by atoms with Gasteiger partial charge in [-0.25, -0.2) is 4.79 Å². The summed E-state index contributed by atoms with van der Waals surface area (Å²) in [6.07, 6.45) is 0.875. The van der Waals surface area contributed by atoms with E-state index in [1.165, 1.54) is 10.1 Å². The summed E-state index contributed by atoms with van der Waals surface area (Å²) in [7, 11) is 2.01. The largest absolute Gasteiger partial charge is 0.494 e. The van der Waals surface area contributed by atoms with Crippen molar-refractivity contribution in [1.82, 2.24) is 14.5 Å². The van der Waals surface area contributed by atoms with Crippen molar-refractivity contribution >= 4 is 10.9 Å². The SMILES string of the molecule is C[C@H](c1ccccc1)n1c(O)c([C@H]2c3[nH]c4ccccc4c3CC[NH+]2C)c(=O)[nH]c1=O. The van der Waals surface area contributed by atoms with E-state index in [-0.39, 0.29) is 11.4 Å². The van der Waals surface area contributed by atoms with Crippen molar-refractivity contribution in [2.75, 3.05) is 13.6 Å². The number of aromatic amines is 2. The molecule has 0 aliphatic carbocycles. The second kappa shape index (κ2) is 7.28. The number of aromatic nitrogens is 3. The molecule has 0 radical (unpaired) electrons. The number of para-hydroxylation sites is 1. The van der Waals surface area contributed by atoms with Gasteiger partial charge in [-0.15, -0.1) is 0 Å². The maximum absolute atomic E-state index is 13.0. The van der Waals surface area contributed by atoms with E-state index in [0.29, 0.717) is 0 Å². The summed E-state index contributed by atoms with van der Waals surface area (Å²) in [5.41, 5.74) is 3.01. The molecule has 3 atom stereocenters. The van der Waals surface area contributed by atoms with E-state index in [1.807, 2.05) is 62.5 Å². The van der Waals surface area contributed by atoms with Gasteiger partial charge in [0.25, 0.3) is 5.56 Å². The molecular weight excluding hydrogens is 392 g/mol. The summed E-state index contributed by atoms with van der Waals surface area (Å²) in [4.78, 5) is 32.7. The molecule has 0 saturated heterocycles. The fourth-order valence-corrected chi connectivity index (χ4v) is 4.89. The molecule has 0 amide bonds. The minimum absolute atomic E-state index is 0.215. The van der Waals surface area contributed by atoms with E-state index >= 15 is 0 Å².